The molecule has 3 fully saturated rings. The molecule has 1 saturated carbocycles. The first-order chi connectivity index (χ1) is 14.8. The molecule has 0 radical (unpaired) electrons. The minimum Gasteiger partial charge on any atom is -0.313 e. The molecule has 162 valence electrons. The molecular weight excluding hydrogens is 364 g/mol. The molecule has 2 saturated heterocycles. The van der Waals surface area contributed by atoms with Crippen molar-refractivity contribution in [1.29, 1.82) is 0 Å². The molecule has 2 aromatic rings. The first kappa shape index (κ1) is 21.6. The van der Waals surface area contributed by atoms with Crippen molar-refractivity contribution in [3.05, 3.63) is 71.8 Å². The van der Waals surface area contributed by atoms with Gasteiger partial charge in [0, 0.05) is 23.4 Å². The molecule has 3 aliphatic rings. The third-order valence-corrected chi connectivity index (χ3v) is 7.73. The van der Waals surface area contributed by atoms with Crippen molar-refractivity contribution in [3.63, 3.8) is 0 Å². The van der Waals surface area contributed by atoms with Crippen LogP contribution in [-0.2, 0) is 0 Å². The highest BCUT2D eigenvalue weighted by Gasteiger charge is 2.51. The summed E-state index contributed by atoms with van der Waals surface area (Å²) in [6.07, 6.45) is 9.07. The third kappa shape index (κ3) is 4.50. The van der Waals surface area contributed by atoms with Crippen molar-refractivity contribution >= 4 is 0 Å². The van der Waals surface area contributed by atoms with Crippen LogP contribution in [0.15, 0.2) is 60.7 Å². The Morgan fingerprint density at radius 1 is 0.800 bits per heavy atom. The molecule has 2 aromatic carbocycles. The highest BCUT2D eigenvalue weighted by molar-refractivity contribution is 5.32. The van der Waals surface area contributed by atoms with E-state index in [2.05, 4.69) is 84.7 Å². The summed E-state index contributed by atoms with van der Waals surface area (Å²) in [4.78, 5) is 2.93. The number of fused-ring (bicyclic) bond motifs is 4. The van der Waals surface area contributed by atoms with Crippen molar-refractivity contribution in [3.8, 4) is 0 Å². The predicted octanol–water partition coefficient (Wildman–Crippen LogP) is 6.35. The van der Waals surface area contributed by atoms with Gasteiger partial charge in [0.25, 0.3) is 0 Å². The van der Waals surface area contributed by atoms with Gasteiger partial charge in [-0.25, -0.2) is 0 Å². The molecule has 2 atom stereocenters. The zero-order valence-electron chi connectivity index (χ0n) is 19.0. The summed E-state index contributed by atoms with van der Waals surface area (Å²) in [6, 6.07) is 23.2. The van der Waals surface area contributed by atoms with Crippen molar-refractivity contribution in [2.75, 3.05) is 19.6 Å². The van der Waals surface area contributed by atoms with E-state index in [-0.39, 0.29) is 0 Å². The summed E-state index contributed by atoms with van der Waals surface area (Å²) in [5.74, 6) is 1.16. The molecule has 0 aromatic heterocycles. The number of unbranched alkanes of at least 4 members (excludes halogenated alkanes) is 2. The quantitative estimate of drug-likeness (QED) is 0.524. The fourth-order valence-corrected chi connectivity index (χ4v) is 6.15. The number of nitrogens with one attached hydrogen (secondary N) is 1. The Balaban J connectivity index is 1.74. The Kier molecular flexibility index (Phi) is 7.28. The van der Waals surface area contributed by atoms with Gasteiger partial charge >= 0.3 is 0 Å². The Bertz CT molecular complexity index is 699. The van der Waals surface area contributed by atoms with E-state index >= 15 is 0 Å². The molecule has 1 N–H and O–H groups in total. The normalized spacial score (nSPS) is 28.6. The van der Waals surface area contributed by atoms with Gasteiger partial charge in [0.2, 0.25) is 0 Å². The summed E-state index contributed by atoms with van der Waals surface area (Å²) < 4.78 is 0. The number of benzene rings is 2. The Morgan fingerprint density at radius 2 is 1.30 bits per heavy atom. The largest absolute Gasteiger partial charge is 0.313 e. The number of nitrogens with zero attached hydrogens (tertiary/aromatic N) is 1. The van der Waals surface area contributed by atoms with Crippen molar-refractivity contribution in [2.45, 2.75) is 82.2 Å². The number of rotatable bonds is 9. The second kappa shape index (κ2) is 10.1. The number of hydrogen-bond acceptors (Lipinski definition) is 2. The van der Waals surface area contributed by atoms with Crippen molar-refractivity contribution in [2.24, 2.45) is 0 Å². The highest BCUT2D eigenvalue weighted by atomic mass is 15.2. The molecule has 0 spiro atoms. The fraction of sp³-hybridized carbons (Fsp3) is 0.571. The van der Waals surface area contributed by atoms with Gasteiger partial charge in [0.15, 0.2) is 0 Å². The Labute approximate surface area is 184 Å². The van der Waals surface area contributed by atoms with Crippen LogP contribution >= 0.6 is 0 Å². The van der Waals surface area contributed by atoms with E-state index < -0.39 is 0 Å². The van der Waals surface area contributed by atoms with E-state index in [1.807, 2.05) is 0 Å². The maximum atomic E-state index is 4.04. The first-order valence-electron chi connectivity index (χ1n) is 12.4. The first-order valence-corrected chi connectivity index (χ1v) is 12.4. The summed E-state index contributed by atoms with van der Waals surface area (Å²) >= 11 is 0. The second-order valence-corrected chi connectivity index (χ2v) is 9.59. The van der Waals surface area contributed by atoms with Gasteiger partial charge in [-0.3, -0.25) is 4.90 Å². The van der Waals surface area contributed by atoms with E-state index in [1.165, 1.54) is 69.2 Å². The summed E-state index contributed by atoms with van der Waals surface area (Å²) in [7, 11) is 0. The Morgan fingerprint density at radius 3 is 1.77 bits per heavy atom. The highest BCUT2D eigenvalue weighted by Crippen LogP contribution is 2.51. The maximum Gasteiger partial charge on any atom is 0.0234 e. The van der Waals surface area contributed by atoms with Gasteiger partial charge in [0.1, 0.15) is 0 Å². The van der Waals surface area contributed by atoms with Gasteiger partial charge in [-0.15, -0.1) is 0 Å². The lowest BCUT2D eigenvalue weighted by atomic mass is 9.63. The molecule has 2 unspecified atom stereocenters. The van der Waals surface area contributed by atoms with Crippen LogP contribution in [0.3, 0.4) is 0 Å². The zero-order chi connectivity index (χ0) is 20.8. The van der Waals surface area contributed by atoms with Gasteiger partial charge < -0.3 is 5.32 Å². The minimum absolute atomic E-state index is 0.311. The lowest BCUT2D eigenvalue weighted by molar-refractivity contribution is 0.0323. The smallest absolute Gasteiger partial charge is 0.0234 e. The molecule has 2 heteroatoms. The van der Waals surface area contributed by atoms with E-state index in [9.17, 15) is 0 Å². The van der Waals surface area contributed by atoms with Crippen LogP contribution in [0.1, 0.15) is 81.8 Å². The minimum atomic E-state index is 0.311. The SMILES string of the molecule is CCCCN(CCCC)C12CCNC(C(c3ccccc3)C1)C(c1ccccc1)C2. The van der Waals surface area contributed by atoms with Crippen molar-refractivity contribution < 1.29 is 0 Å². The molecule has 1 aliphatic carbocycles. The predicted molar refractivity (Wildman–Crippen MR) is 128 cm³/mol. The summed E-state index contributed by atoms with van der Waals surface area (Å²) in [6.45, 7) is 8.32. The molecule has 2 aliphatic heterocycles. The summed E-state index contributed by atoms with van der Waals surface area (Å²) in [5.41, 5.74) is 3.35. The van der Waals surface area contributed by atoms with Crippen LogP contribution in [-0.4, -0.2) is 36.1 Å². The fourth-order valence-electron chi connectivity index (χ4n) is 6.15. The standard InChI is InChI=1S/C28H40N2/c1-3-5-19-30(20-6-4-2)28-17-18-29-27(25(21-28)23-13-9-7-10-14-23)26(22-28)24-15-11-8-12-16-24/h7-16,25-27,29H,3-6,17-22H2,1-2H3. The lowest BCUT2D eigenvalue weighted by Gasteiger charge is -2.52. The molecule has 2 heterocycles. The van der Waals surface area contributed by atoms with Gasteiger partial charge in [-0.05, 0) is 62.9 Å². The molecular formula is C28H40N2. The maximum absolute atomic E-state index is 4.04. The lowest BCUT2D eigenvalue weighted by Crippen LogP contribution is -2.55. The average Bonchev–Trinajstić information content (AvgIpc) is 3.11. The average molecular weight is 405 g/mol. The van der Waals surface area contributed by atoms with Crippen molar-refractivity contribution in [1.82, 2.24) is 10.2 Å². The van der Waals surface area contributed by atoms with Crippen LogP contribution in [0, 0.1) is 0 Å². The van der Waals surface area contributed by atoms with Crippen LogP contribution in [0.25, 0.3) is 0 Å². The monoisotopic (exact) mass is 404 g/mol. The topological polar surface area (TPSA) is 15.3 Å². The molecule has 0 amide bonds. The van der Waals surface area contributed by atoms with E-state index in [0.29, 0.717) is 23.4 Å². The third-order valence-electron chi connectivity index (χ3n) is 7.73. The number of hydrogen-bond donors (Lipinski definition) is 1. The van der Waals surface area contributed by atoms with Crippen LogP contribution < -0.4 is 5.32 Å². The zero-order valence-corrected chi connectivity index (χ0v) is 19.0. The molecule has 2 nitrogen and oxygen atoms in total. The molecule has 30 heavy (non-hydrogen) atoms. The van der Waals surface area contributed by atoms with E-state index in [1.54, 1.807) is 0 Å². The van der Waals surface area contributed by atoms with E-state index in [0.717, 1.165) is 6.54 Å². The second-order valence-electron chi connectivity index (χ2n) is 9.59. The van der Waals surface area contributed by atoms with Crippen LogP contribution in [0.2, 0.25) is 0 Å². The summed E-state index contributed by atoms with van der Waals surface area (Å²) in [5, 5.41) is 4.04. The molecule has 2 bridgehead atoms. The van der Waals surface area contributed by atoms with Crippen LogP contribution in [0.4, 0.5) is 0 Å². The van der Waals surface area contributed by atoms with Gasteiger partial charge in [-0.1, -0.05) is 87.4 Å². The molecule has 5 rings (SSSR count). The van der Waals surface area contributed by atoms with Gasteiger partial charge in [-0.2, -0.15) is 0 Å². The van der Waals surface area contributed by atoms with E-state index in [4.69, 9.17) is 0 Å². The Hall–Kier alpha value is -1.64. The van der Waals surface area contributed by atoms with Gasteiger partial charge in [0.05, 0.1) is 0 Å². The van der Waals surface area contributed by atoms with Crippen LogP contribution in [0.5, 0.6) is 0 Å².